The van der Waals surface area contributed by atoms with Gasteiger partial charge >= 0.3 is 0 Å². The number of hydrogen-bond donors (Lipinski definition) is 2. The number of carbonyl (C=O) groups is 1. The van der Waals surface area contributed by atoms with Crippen molar-refractivity contribution in [2.75, 3.05) is 0 Å². The van der Waals surface area contributed by atoms with Crippen molar-refractivity contribution in [2.45, 2.75) is 38.1 Å². The first kappa shape index (κ1) is 17.4. The van der Waals surface area contributed by atoms with Crippen LogP contribution in [0, 0.1) is 12.8 Å². The summed E-state index contributed by atoms with van der Waals surface area (Å²) < 4.78 is 27.8. The van der Waals surface area contributed by atoms with Gasteiger partial charge in [-0.2, -0.15) is 4.72 Å². The first-order chi connectivity index (χ1) is 10.8. The zero-order valence-electron chi connectivity index (χ0n) is 13.4. The Morgan fingerprint density at radius 3 is 2.70 bits per heavy atom. The number of amides is 1. The van der Waals surface area contributed by atoms with Crippen molar-refractivity contribution >= 4 is 26.8 Å². The molecule has 0 radical (unpaired) electrons. The molecule has 1 heterocycles. The van der Waals surface area contributed by atoms with E-state index in [0.717, 1.165) is 10.9 Å². The van der Waals surface area contributed by atoms with Gasteiger partial charge in [0.05, 0.1) is 5.52 Å². The minimum absolute atomic E-state index is 0.0459. The minimum Gasteiger partial charge on any atom is -0.368 e. The smallest absolute Gasteiger partial charge is 0.243 e. The second-order valence-electron chi connectivity index (χ2n) is 5.73. The quantitative estimate of drug-likeness (QED) is 0.839. The number of primary amides is 1. The Morgan fingerprint density at radius 1 is 1.39 bits per heavy atom. The van der Waals surface area contributed by atoms with E-state index in [9.17, 15) is 13.2 Å². The van der Waals surface area contributed by atoms with Gasteiger partial charge < -0.3 is 5.73 Å². The van der Waals surface area contributed by atoms with Gasteiger partial charge in [0.2, 0.25) is 15.9 Å². The Morgan fingerprint density at radius 2 is 2.09 bits per heavy atom. The molecule has 23 heavy (non-hydrogen) atoms. The van der Waals surface area contributed by atoms with Crippen LogP contribution in [0.2, 0.25) is 0 Å². The fourth-order valence-corrected chi connectivity index (χ4v) is 3.87. The van der Waals surface area contributed by atoms with E-state index in [0.29, 0.717) is 11.9 Å². The van der Waals surface area contributed by atoms with E-state index in [1.165, 1.54) is 6.07 Å². The number of nitrogens with one attached hydrogen (secondary N) is 1. The number of pyridine rings is 1. The molecule has 3 N–H and O–H groups in total. The summed E-state index contributed by atoms with van der Waals surface area (Å²) in [6.07, 6.45) is 2.24. The Labute approximate surface area is 136 Å². The van der Waals surface area contributed by atoms with Crippen molar-refractivity contribution in [3.05, 3.63) is 36.0 Å². The molecule has 2 rings (SSSR count). The maximum Gasteiger partial charge on any atom is 0.243 e. The van der Waals surface area contributed by atoms with Gasteiger partial charge in [0.15, 0.2) is 0 Å². The van der Waals surface area contributed by atoms with E-state index >= 15 is 0 Å². The van der Waals surface area contributed by atoms with Gasteiger partial charge in [-0.25, -0.2) is 8.42 Å². The largest absolute Gasteiger partial charge is 0.368 e. The predicted molar refractivity (Wildman–Crippen MR) is 89.2 cm³/mol. The number of aryl methyl sites for hydroxylation is 1. The van der Waals surface area contributed by atoms with Gasteiger partial charge in [0, 0.05) is 11.6 Å². The molecule has 1 aromatic carbocycles. The van der Waals surface area contributed by atoms with Crippen LogP contribution >= 0.6 is 0 Å². The molecule has 0 spiro atoms. The van der Waals surface area contributed by atoms with Crippen LogP contribution in [0.3, 0.4) is 0 Å². The van der Waals surface area contributed by atoms with E-state index in [1.807, 2.05) is 19.9 Å². The average Bonchev–Trinajstić information content (AvgIpc) is 2.50. The van der Waals surface area contributed by atoms with Gasteiger partial charge in [-0.15, -0.1) is 0 Å². The Kier molecular flexibility index (Phi) is 5.01. The van der Waals surface area contributed by atoms with E-state index in [2.05, 4.69) is 9.71 Å². The van der Waals surface area contributed by atoms with E-state index in [1.54, 1.807) is 25.3 Å². The molecule has 2 atom stereocenters. The molecule has 0 fully saturated rings. The van der Waals surface area contributed by atoms with Crippen molar-refractivity contribution in [3.8, 4) is 0 Å². The number of hydrogen-bond acceptors (Lipinski definition) is 4. The molecule has 2 aromatic rings. The lowest BCUT2D eigenvalue weighted by atomic mass is 10.00. The van der Waals surface area contributed by atoms with Crippen LogP contribution in [0.15, 0.2) is 35.4 Å². The monoisotopic (exact) mass is 335 g/mol. The normalized spacial score (nSPS) is 14.6. The van der Waals surface area contributed by atoms with Crippen LogP contribution in [-0.4, -0.2) is 25.4 Å². The average molecular weight is 335 g/mol. The Hall–Kier alpha value is -1.99. The molecule has 0 aliphatic heterocycles. The number of fused-ring (bicyclic) bond motifs is 1. The third-order valence-electron chi connectivity index (χ3n) is 3.90. The topological polar surface area (TPSA) is 102 Å². The van der Waals surface area contributed by atoms with Gasteiger partial charge in [0.25, 0.3) is 0 Å². The van der Waals surface area contributed by atoms with Crippen LogP contribution in [0.5, 0.6) is 0 Å². The standard InChI is InChI=1S/C16H21N3O3S/c1-4-11(3)14(16(17)20)19-23(21,22)13-7-5-6-12-8-10(2)9-18-15(12)13/h5-9,11,14,19H,4H2,1-3H3,(H2,17,20). The van der Waals surface area contributed by atoms with Crippen molar-refractivity contribution in [1.82, 2.24) is 9.71 Å². The fraction of sp³-hybridized carbons (Fsp3) is 0.375. The zero-order chi connectivity index (χ0) is 17.2. The molecule has 0 aliphatic rings. The van der Waals surface area contributed by atoms with Crippen LogP contribution < -0.4 is 10.5 Å². The molecule has 6 nitrogen and oxygen atoms in total. The highest BCUT2D eigenvalue weighted by Gasteiger charge is 2.29. The first-order valence-electron chi connectivity index (χ1n) is 7.43. The number of rotatable bonds is 6. The summed E-state index contributed by atoms with van der Waals surface area (Å²) in [7, 11) is -3.91. The third-order valence-corrected chi connectivity index (χ3v) is 5.37. The molecular formula is C16H21N3O3S. The van der Waals surface area contributed by atoms with E-state index in [4.69, 9.17) is 5.73 Å². The summed E-state index contributed by atoms with van der Waals surface area (Å²) >= 11 is 0. The van der Waals surface area contributed by atoms with Crippen LogP contribution in [0.25, 0.3) is 10.9 Å². The number of carbonyl (C=O) groups excluding carboxylic acids is 1. The zero-order valence-corrected chi connectivity index (χ0v) is 14.2. The van der Waals surface area contributed by atoms with Crippen LogP contribution in [0.1, 0.15) is 25.8 Å². The van der Waals surface area contributed by atoms with E-state index in [-0.39, 0.29) is 10.8 Å². The molecule has 0 saturated heterocycles. The third kappa shape index (κ3) is 3.68. The number of aromatic nitrogens is 1. The van der Waals surface area contributed by atoms with Gasteiger partial charge in [-0.3, -0.25) is 9.78 Å². The van der Waals surface area contributed by atoms with Crippen molar-refractivity contribution in [1.29, 1.82) is 0 Å². The number of benzene rings is 1. The molecule has 0 bridgehead atoms. The number of para-hydroxylation sites is 1. The number of sulfonamides is 1. The van der Waals surface area contributed by atoms with Crippen molar-refractivity contribution < 1.29 is 13.2 Å². The van der Waals surface area contributed by atoms with Gasteiger partial charge in [-0.05, 0) is 30.5 Å². The second kappa shape index (κ2) is 6.64. The predicted octanol–water partition coefficient (Wildman–Crippen LogP) is 1.72. The molecular weight excluding hydrogens is 314 g/mol. The molecule has 2 unspecified atom stereocenters. The summed E-state index contributed by atoms with van der Waals surface area (Å²) in [4.78, 5) is 15.9. The maximum atomic E-state index is 12.7. The van der Waals surface area contributed by atoms with Crippen LogP contribution in [0.4, 0.5) is 0 Å². The summed E-state index contributed by atoms with van der Waals surface area (Å²) in [6.45, 7) is 5.54. The minimum atomic E-state index is -3.91. The van der Waals surface area contributed by atoms with Gasteiger partial charge in [0.1, 0.15) is 10.9 Å². The van der Waals surface area contributed by atoms with Gasteiger partial charge in [-0.1, -0.05) is 32.4 Å². The summed E-state index contributed by atoms with van der Waals surface area (Å²) in [6, 6.07) is 5.84. The summed E-state index contributed by atoms with van der Waals surface area (Å²) in [5.41, 5.74) is 6.66. The maximum absolute atomic E-state index is 12.7. The Bertz CT molecular complexity index is 834. The molecule has 1 aromatic heterocycles. The summed E-state index contributed by atoms with van der Waals surface area (Å²) in [5, 5.41) is 0.729. The highest BCUT2D eigenvalue weighted by Crippen LogP contribution is 2.22. The summed E-state index contributed by atoms with van der Waals surface area (Å²) in [5.74, 6) is -0.889. The highest BCUT2D eigenvalue weighted by atomic mass is 32.2. The lowest BCUT2D eigenvalue weighted by molar-refractivity contribution is -0.120. The Balaban J connectivity index is 2.49. The second-order valence-corrected chi connectivity index (χ2v) is 7.41. The van der Waals surface area contributed by atoms with Crippen LogP contribution in [-0.2, 0) is 14.8 Å². The van der Waals surface area contributed by atoms with Crippen molar-refractivity contribution in [2.24, 2.45) is 11.7 Å². The first-order valence-corrected chi connectivity index (χ1v) is 8.91. The number of nitrogens with zero attached hydrogens (tertiary/aromatic N) is 1. The fourth-order valence-electron chi connectivity index (χ4n) is 2.38. The molecule has 0 saturated carbocycles. The molecule has 124 valence electrons. The SMILES string of the molecule is CCC(C)C(NS(=O)(=O)c1cccc2cc(C)cnc12)C(N)=O. The molecule has 1 amide bonds. The molecule has 7 heteroatoms. The lowest BCUT2D eigenvalue weighted by Crippen LogP contribution is -2.48. The van der Waals surface area contributed by atoms with E-state index < -0.39 is 22.0 Å². The number of nitrogens with two attached hydrogens (primary N) is 1. The highest BCUT2D eigenvalue weighted by molar-refractivity contribution is 7.89. The molecule has 0 aliphatic carbocycles. The van der Waals surface area contributed by atoms with Crippen molar-refractivity contribution in [3.63, 3.8) is 0 Å². The lowest BCUT2D eigenvalue weighted by Gasteiger charge is -2.21.